The van der Waals surface area contributed by atoms with E-state index < -0.39 is 8.07 Å². The molecule has 0 radical (unpaired) electrons. The summed E-state index contributed by atoms with van der Waals surface area (Å²) in [6, 6.07) is 1.15. The van der Waals surface area contributed by atoms with Gasteiger partial charge in [0.15, 0.2) is 5.78 Å². The first kappa shape index (κ1) is 17.8. The van der Waals surface area contributed by atoms with Crippen LogP contribution in [-0.4, -0.2) is 35.8 Å². The summed E-state index contributed by atoms with van der Waals surface area (Å²) in [4.78, 5) is 17.0. The summed E-state index contributed by atoms with van der Waals surface area (Å²) in [5, 5.41) is 0.913. The third kappa shape index (κ3) is 4.70. The Kier molecular flexibility index (Phi) is 6.29. The lowest BCUT2D eigenvalue weighted by Crippen LogP contribution is -2.23. The van der Waals surface area contributed by atoms with Crippen molar-refractivity contribution in [2.24, 2.45) is 0 Å². The molecule has 1 aliphatic heterocycles. The third-order valence-electron chi connectivity index (χ3n) is 3.82. The fourth-order valence-corrected chi connectivity index (χ4v) is 4.17. The summed E-state index contributed by atoms with van der Waals surface area (Å²) in [6.07, 6.45) is 3.78. The van der Waals surface area contributed by atoms with Crippen molar-refractivity contribution in [1.82, 2.24) is 9.55 Å². The van der Waals surface area contributed by atoms with E-state index in [-0.39, 0.29) is 5.78 Å². The Morgan fingerprint density at radius 1 is 1.36 bits per heavy atom. The largest absolute Gasteiger partial charge is 0.361 e. The van der Waals surface area contributed by atoms with Crippen molar-refractivity contribution in [3.05, 3.63) is 11.5 Å². The van der Waals surface area contributed by atoms with Crippen molar-refractivity contribution in [3.8, 4) is 0 Å². The van der Waals surface area contributed by atoms with Crippen LogP contribution in [-0.2, 0) is 17.9 Å². The second-order valence-corrected chi connectivity index (χ2v) is 13.8. The molecule has 0 saturated carbocycles. The summed E-state index contributed by atoms with van der Waals surface area (Å²) in [5.41, 5.74) is 0.787. The van der Waals surface area contributed by atoms with Gasteiger partial charge in [-0.25, -0.2) is 4.98 Å². The lowest BCUT2D eigenvalue weighted by Gasteiger charge is -2.17. The molecular weight excluding hydrogens is 312 g/mol. The van der Waals surface area contributed by atoms with Gasteiger partial charge in [0.25, 0.3) is 0 Å². The molecule has 1 aromatic heterocycles. The number of aromatic nitrogens is 2. The Morgan fingerprint density at radius 2 is 2.14 bits per heavy atom. The molecule has 1 aromatic rings. The SMILES string of the molecule is CCCCc1nc2c(n1COCC[Si](C)(C)C)C(=O)CCS2. The number of imidazole rings is 1. The number of carbonyl (C=O) groups excluding carboxylic acids is 1. The Balaban J connectivity index is 2.09. The first-order chi connectivity index (χ1) is 10.4. The van der Waals surface area contributed by atoms with Gasteiger partial charge in [0.05, 0.1) is 0 Å². The molecule has 0 spiro atoms. The van der Waals surface area contributed by atoms with Gasteiger partial charge >= 0.3 is 0 Å². The van der Waals surface area contributed by atoms with Gasteiger partial charge in [-0.2, -0.15) is 0 Å². The minimum Gasteiger partial charge on any atom is -0.361 e. The molecule has 1 aliphatic rings. The topological polar surface area (TPSA) is 44.1 Å². The first-order valence-electron chi connectivity index (χ1n) is 8.25. The van der Waals surface area contributed by atoms with Gasteiger partial charge in [0, 0.05) is 33.3 Å². The third-order valence-corrected chi connectivity index (χ3v) is 6.49. The minimum absolute atomic E-state index is 0.220. The fourth-order valence-electron chi connectivity index (χ4n) is 2.40. The summed E-state index contributed by atoms with van der Waals surface area (Å²) >= 11 is 1.70. The van der Waals surface area contributed by atoms with Crippen molar-refractivity contribution in [3.63, 3.8) is 0 Å². The zero-order valence-corrected chi connectivity index (χ0v) is 16.1. The van der Waals surface area contributed by atoms with Gasteiger partial charge in [-0.15, -0.1) is 11.8 Å². The molecule has 0 bridgehead atoms. The number of unbranched alkanes of at least 4 members (excludes halogenated alkanes) is 1. The number of carbonyl (C=O) groups is 1. The van der Waals surface area contributed by atoms with Gasteiger partial charge in [-0.05, 0) is 12.5 Å². The van der Waals surface area contributed by atoms with E-state index in [9.17, 15) is 4.79 Å². The normalized spacial score (nSPS) is 15.2. The van der Waals surface area contributed by atoms with Crippen LogP contribution in [0, 0.1) is 0 Å². The molecule has 0 atom stereocenters. The van der Waals surface area contributed by atoms with E-state index in [1.807, 2.05) is 4.57 Å². The molecule has 0 unspecified atom stereocenters. The van der Waals surface area contributed by atoms with E-state index in [0.717, 1.165) is 54.2 Å². The van der Waals surface area contributed by atoms with Crippen molar-refractivity contribution in [1.29, 1.82) is 0 Å². The fraction of sp³-hybridized carbons (Fsp3) is 0.750. The van der Waals surface area contributed by atoms with Crippen LogP contribution in [0.15, 0.2) is 5.03 Å². The average Bonchev–Trinajstić information content (AvgIpc) is 2.79. The van der Waals surface area contributed by atoms with Crippen LogP contribution in [0.3, 0.4) is 0 Å². The Morgan fingerprint density at radius 3 is 2.82 bits per heavy atom. The molecule has 124 valence electrons. The summed E-state index contributed by atoms with van der Waals surface area (Å²) in [6.45, 7) is 10.5. The predicted octanol–water partition coefficient (Wildman–Crippen LogP) is 4.22. The lowest BCUT2D eigenvalue weighted by molar-refractivity contribution is 0.0782. The number of hydrogen-bond acceptors (Lipinski definition) is 4. The highest BCUT2D eigenvalue weighted by Crippen LogP contribution is 2.30. The van der Waals surface area contributed by atoms with Gasteiger partial charge in [-0.1, -0.05) is 33.0 Å². The summed E-state index contributed by atoms with van der Waals surface area (Å²) < 4.78 is 7.92. The number of ether oxygens (including phenoxy) is 1. The number of ketones is 1. The highest BCUT2D eigenvalue weighted by molar-refractivity contribution is 7.99. The second-order valence-electron chi connectivity index (χ2n) is 7.08. The second kappa shape index (κ2) is 7.79. The zero-order chi connectivity index (χ0) is 16.2. The highest BCUT2D eigenvalue weighted by atomic mass is 32.2. The molecule has 0 aromatic carbocycles. The molecule has 22 heavy (non-hydrogen) atoms. The maximum atomic E-state index is 12.3. The Bertz CT molecular complexity index is 523. The van der Waals surface area contributed by atoms with Crippen LogP contribution in [0.2, 0.25) is 25.7 Å². The summed E-state index contributed by atoms with van der Waals surface area (Å²) in [5.74, 6) is 2.09. The molecular formula is C16H28N2O2SSi. The summed E-state index contributed by atoms with van der Waals surface area (Å²) in [7, 11) is -1.08. The van der Waals surface area contributed by atoms with Gasteiger partial charge < -0.3 is 9.30 Å². The standard InChI is InChI=1S/C16H28N2O2SSi/c1-5-6-7-14-17-16-15(13(19)8-10-21-16)18(14)12-20-9-11-22(2,3)4/h5-12H2,1-4H3. The van der Waals surface area contributed by atoms with Crippen LogP contribution >= 0.6 is 11.8 Å². The first-order valence-corrected chi connectivity index (χ1v) is 12.9. The van der Waals surface area contributed by atoms with Crippen LogP contribution in [0.5, 0.6) is 0 Å². The molecule has 2 rings (SSSR count). The van der Waals surface area contributed by atoms with E-state index in [2.05, 4.69) is 26.6 Å². The van der Waals surface area contributed by atoms with E-state index in [4.69, 9.17) is 9.72 Å². The minimum atomic E-state index is -1.08. The number of nitrogens with zero attached hydrogens (tertiary/aromatic N) is 2. The highest BCUT2D eigenvalue weighted by Gasteiger charge is 2.26. The van der Waals surface area contributed by atoms with Crippen LogP contribution < -0.4 is 0 Å². The van der Waals surface area contributed by atoms with Crippen molar-refractivity contribution in [2.45, 2.75) is 70.0 Å². The number of rotatable bonds is 8. The number of thioether (sulfide) groups is 1. The van der Waals surface area contributed by atoms with E-state index >= 15 is 0 Å². The van der Waals surface area contributed by atoms with Crippen molar-refractivity contribution in [2.75, 3.05) is 12.4 Å². The number of fused-ring (bicyclic) bond motifs is 1. The predicted molar refractivity (Wildman–Crippen MR) is 94.6 cm³/mol. The number of aryl methyl sites for hydroxylation is 1. The van der Waals surface area contributed by atoms with Crippen LogP contribution in [0.1, 0.15) is 42.5 Å². The molecule has 0 N–H and O–H groups in total. The molecule has 6 heteroatoms. The van der Waals surface area contributed by atoms with E-state index in [1.54, 1.807) is 11.8 Å². The smallest absolute Gasteiger partial charge is 0.182 e. The maximum absolute atomic E-state index is 12.3. The molecule has 0 amide bonds. The van der Waals surface area contributed by atoms with Gasteiger partial charge in [-0.3, -0.25) is 4.79 Å². The van der Waals surface area contributed by atoms with E-state index in [0.29, 0.717) is 13.2 Å². The molecule has 4 nitrogen and oxygen atoms in total. The van der Waals surface area contributed by atoms with E-state index in [1.165, 1.54) is 0 Å². The van der Waals surface area contributed by atoms with Crippen LogP contribution in [0.4, 0.5) is 0 Å². The Hall–Kier alpha value is -0.593. The zero-order valence-electron chi connectivity index (χ0n) is 14.3. The van der Waals surface area contributed by atoms with Crippen molar-refractivity contribution < 1.29 is 9.53 Å². The lowest BCUT2D eigenvalue weighted by atomic mass is 10.2. The number of Topliss-reactive ketones (excluding diaryl/α,β-unsaturated/α-hetero) is 1. The van der Waals surface area contributed by atoms with Crippen molar-refractivity contribution >= 4 is 25.6 Å². The van der Waals surface area contributed by atoms with Gasteiger partial charge in [0.1, 0.15) is 23.3 Å². The van der Waals surface area contributed by atoms with Crippen LogP contribution in [0.25, 0.3) is 0 Å². The monoisotopic (exact) mass is 340 g/mol. The molecule has 0 saturated heterocycles. The quantitative estimate of drug-likeness (QED) is 0.525. The Labute approximate surface area is 139 Å². The average molecular weight is 341 g/mol. The molecule has 0 fully saturated rings. The molecule has 0 aliphatic carbocycles. The van der Waals surface area contributed by atoms with Gasteiger partial charge in [0.2, 0.25) is 0 Å². The maximum Gasteiger partial charge on any atom is 0.182 e. The molecule has 2 heterocycles. The number of hydrogen-bond donors (Lipinski definition) is 0.